The minimum Gasteiger partial charge on any atom is -0.462 e. The molecule has 0 heterocycles. The summed E-state index contributed by atoms with van der Waals surface area (Å²) in [7, 11) is 0. The monoisotopic (exact) mass is 885 g/mol. The summed E-state index contributed by atoms with van der Waals surface area (Å²) in [5.74, 6) is -0.881. The molecule has 368 valence electrons. The van der Waals surface area contributed by atoms with E-state index < -0.39 is 6.10 Å². The molecular formula is C57H104O6. The number of rotatable bonds is 50. The molecule has 63 heavy (non-hydrogen) atoms. The van der Waals surface area contributed by atoms with Crippen molar-refractivity contribution >= 4 is 17.9 Å². The SMILES string of the molecule is CC/C=C\C/C=C\CCCCCCCC(=O)OCC(COC(=O)CCCCCCCCC/C=C\CCCCCCCCCC)OC(=O)CCCCCCCCCCCCCCCC. The molecular weight excluding hydrogens is 781 g/mol. The molecule has 0 radical (unpaired) electrons. The normalized spacial score (nSPS) is 12.2. The van der Waals surface area contributed by atoms with Gasteiger partial charge in [0.15, 0.2) is 6.10 Å². The van der Waals surface area contributed by atoms with Gasteiger partial charge in [-0.3, -0.25) is 14.4 Å². The molecule has 0 aromatic carbocycles. The zero-order valence-corrected chi connectivity index (χ0v) is 42.1. The molecule has 0 N–H and O–H groups in total. The minimum atomic E-state index is -0.775. The van der Waals surface area contributed by atoms with Crippen molar-refractivity contribution in [2.45, 2.75) is 297 Å². The van der Waals surface area contributed by atoms with Gasteiger partial charge in [-0.25, -0.2) is 0 Å². The summed E-state index contributed by atoms with van der Waals surface area (Å²) in [6.45, 7) is 6.54. The highest BCUT2D eigenvalue weighted by Gasteiger charge is 2.19. The molecule has 0 aliphatic carbocycles. The third-order valence-electron chi connectivity index (χ3n) is 12.1. The molecule has 0 rings (SSSR count). The van der Waals surface area contributed by atoms with Crippen molar-refractivity contribution in [2.75, 3.05) is 13.2 Å². The van der Waals surface area contributed by atoms with E-state index in [4.69, 9.17) is 14.2 Å². The van der Waals surface area contributed by atoms with Crippen LogP contribution >= 0.6 is 0 Å². The third-order valence-corrected chi connectivity index (χ3v) is 12.1. The second-order valence-corrected chi connectivity index (χ2v) is 18.5. The number of carbonyl (C=O) groups is 3. The quantitative estimate of drug-likeness (QED) is 0.0262. The van der Waals surface area contributed by atoms with Crippen LogP contribution < -0.4 is 0 Å². The maximum absolute atomic E-state index is 12.8. The lowest BCUT2D eigenvalue weighted by atomic mass is 10.0. The Morgan fingerprint density at radius 2 is 0.619 bits per heavy atom. The van der Waals surface area contributed by atoms with Gasteiger partial charge < -0.3 is 14.2 Å². The van der Waals surface area contributed by atoms with Crippen LogP contribution in [0.15, 0.2) is 36.5 Å². The van der Waals surface area contributed by atoms with Crippen molar-refractivity contribution in [3.8, 4) is 0 Å². The number of hydrogen-bond donors (Lipinski definition) is 0. The fourth-order valence-corrected chi connectivity index (χ4v) is 8.01. The molecule has 1 atom stereocenters. The first-order valence-corrected chi connectivity index (χ1v) is 27.5. The molecule has 0 spiro atoms. The Labute approximate surface area is 391 Å². The Morgan fingerprint density at radius 1 is 0.333 bits per heavy atom. The van der Waals surface area contributed by atoms with Gasteiger partial charge in [0, 0.05) is 19.3 Å². The smallest absolute Gasteiger partial charge is 0.306 e. The van der Waals surface area contributed by atoms with Gasteiger partial charge in [0.05, 0.1) is 0 Å². The van der Waals surface area contributed by atoms with E-state index in [1.54, 1.807) is 0 Å². The zero-order chi connectivity index (χ0) is 45.8. The summed E-state index contributed by atoms with van der Waals surface area (Å²) in [5, 5.41) is 0. The van der Waals surface area contributed by atoms with Gasteiger partial charge in [-0.2, -0.15) is 0 Å². The fraction of sp³-hybridized carbons (Fsp3) is 0.842. The Morgan fingerprint density at radius 3 is 0.968 bits per heavy atom. The van der Waals surface area contributed by atoms with Crippen LogP contribution in [0.5, 0.6) is 0 Å². The maximum Gasteiger partial charge on any atom is 0.306 e. The topological polar surface area (TPSA) is 78.9 Å². The Hall–Kier alpha value is -2.37. The second kappa shape index (κ2) is 52.3. The van der Waals surface area contributed by atoms with Gasteiger partial charge in [-0.05, 0) is 70.6 Å². The van der Waals surface area contributed by atoms with E-state index >= 15 is 0 Å². The molecule has 1 unspecified atom stereocenters. The number of esters is 3. The van der Waals surface area contributed by atoms with Gasteiger partial charge in [0.25, 0.3) is 0 Å². The van der Waals surface area contributed by atoms with E-state index in [1.165, 1.54) is 167 Å². The molecule has 0 saturated heterocycles. The van der Waals surface area contributed by atoms with Crippen molar-refractivity contribution in [3.63, 3.8) is 0 Å². The van der Waals surface area contributed by atoms with Crippen LogP contribution in [0.4, 0.5) is 0 Å². The lowest BCUT2D eigenvalue weighted by Gasteiger charge is -2.18. The molecule has 0 saturated carbocycles. The maximum atomic E-state index is 12.8. The first-order chi connectivity index (χ1) is 31.0. The molecule has 0 amide bonds. The van der Waals surface area contributed by atoms with E-state index in [0.717, 1.165) is 83.5 Å². The first-order valence-electron chi connectivity index (χ1n) is 27.5. The molecule has 0 bridgehead atoms. The summed E-state index contributed by atoms with van der Waals surface area (Å²) in [6.07, 6.45) is 61.3. The standard InChI is InChI=1S/C57H104O6/c1-4-7-10-13-16-19-22-25-27-28-29-30-31-33-35-38-41-44-47-50-56(59)62-53-54(52-61-55(58)49-46-43-40-37-34-24-21-18-15-12-9-6-3)63-57(60)51-48-45-42-39-36-32-26-23-20-17-14-11-8-5-2/h9,12,18,21,28-29,54H,4-8,10-11,13-17,19-20,22-27,30-53H2,1-3H3/b12-9-,21-18-,29-28-. The van der Waals surface area contributed by atoms with Crippen molar-refractivity contribution in [2.24, 2.45) is 0 Å². The largest absolute Gasteiger partial charge is 0.462 e. The highest BCUT2D eigenvalue weighted by atomic mass is 16.6. The van der Waals surface area contributed by atoms with E-state index in [1.807, 2.05) is 0 Å². The highest BCUT2D eigenvalue weighted by Crippen LogP contribution is 2.16. The van der Waals surface area contributed by atoms with E-state index in [2.05, 4.69) is 57.2 Å². The molecule has 6 heteroatoms. The van der Waals surface area contributed by atoms with Crippen molar-refractivity contribution in [1.82, 2.24) is 0 Å². The van der Waals surface area contributed by atoms with Crippen molar-refractivity contribution in [3.05, 3.63) is 36.5 Å². The summed E-state index contributed by atoms with van der Waals surface area (Å²) in [4.78, 5) is 38.0. The predicted octanol–water partition coefficient (Wildman–Crippen LogP) is 18.1. The number of allylic oxidation sites excluding steroid dienone is 6. The van der Waals surface area contributed by atoms with Crippen LogP contribution in [0.2, 0.25) is 0 Å². The van der Waals surface area contributed by atoms with E-state index in [9.17, 15) is 14.4 Å². The second-order valence-electron chi connectivity index (χ2n) is 18.5. The van der Waals surface area contributed by atoms with Crippen LogP contribution in [0.25, 0.3) is 0 Å². The number of unbranched alkanes of at least 4 members (excludes halogenated alkanes) is 33. The van der Waals surface area contributed by atoms with Gasteiger partial charge in [-0.15, -0.1) is 0 Å². The summed E-state index contributed by atoms with van der Waals surface area (Å²) in [6, 6.07) is 0. The summed E-state index contributed by atoms with van der Waals surface area (Å²) < 4.78 is 16.8. The van der Waals surface area contributed by atoms with E-state index in [0.29, 0.717) is 19.3 Å². The van der Waals surface area contributed by atoms with Crippen LogP contribution in [0, 0.1) is 0 Å². The van der Waals surface area contributed by atoms with Crippen LogP contribution in [-0.2, 0) is 28.6 Å². The molecule has 0 fully saturated rings. The number of carbonyl (C=O) groups excluding carboxylic acids is 3. The average Bonchev–Trinajstić information content (AvgIpc) is 3.28. The third kappa shape index (κ3) is 50.5. The minimum absolute atomic E-state index is 0.0759. The van der Waals surface area contributed by atoms with Crippen molar-refractivity contribution < 1.29 is 28.6 Å². The fourth-order valence-electron chi connectivity index (χ4n) is 8.01. The van der Waals surface area contributed by atoms with Gasteiger partial charge in [-0.1, -0.05) is 237 Å². The highest BCUT2D eigenvalue weighted by molar-refractivity contribution is 5.71. The lowest BCUT2D eigenvalue weighted by Crippen LogP contribution is -2.30. The van der Waals surface area contributed by atoms with Gasteiger partial charge in [0.1, 0.15) is 13.2 Å². The molecule has 0 aromatic heterocycles. The average molecular weight is 885 g/mol. The Balaban J connectivity index is 4.32. The Bertz CT molecular complexity index is 1060. The lowest BCUT2D eigenvalue weighted by molar-refractivity contribution is -0.167. The van der Waals surface area contributed by atoms with Crippen LogP contribution in [0.1, 0.15) is 290 Å². The van der Waals surface area contributed by atoms with Gasteiger partial charge in [0.2, 0.25) is 0 Å². The van der Waals surface area contributed by atoms with Crippen LogP contribution in [0.3, 0.4) is 0 Å². The molecule has 0 aliphatic rings. The molecule has 0 aromatic rings. The summed E-state index contributed by atoms with van der Waals surface area (Å²) >= 11 is 0. The number of hydrogen-bond acceptors (Lipinski definition) is 6. The first kappa shape index (κ1) is 60.6. The van der Waals surface area contributed by atoms with Crippen molar-refractivity contribution in [1.29, 1.82) is 0 Å². The molecule has 0 aliphatic heterocycles. The van der Waals surface area contributed by atoms with Crippen LogP contribution in [-0.4, -0.2) is 37.2 Å². The summed E-state index contributed by atoms with van der Waals surface area (Å²) in [5.41, 5.74) is 0. The number of ether oxygens (including phenoxy) is 3. The molecule has 6 nitrogen and oxygen atoms in total. The predicted molar refractivity (Wildman–Crippen MR) is 270 cm³/mol. The van der Waals surface area contributed by atoms with E-state index in [-0.39, 0.29) is 31.1 Å². The van der Waals surface area contributed by atoms with Gasteiger partial charge >= 0.3 is 17.9 Å². The zero-order valence-electron chi connectivity index (χ0n) is 42.1. The Kier molecular flexibility index (Phi) is 50.3.